The van der Waals surface area contributed by atoms with Gasteiger partial charge in [0, 0.05) is 0 Å². The summed E-state index contributed by atoms with van der Waals surface area (Å²) < 4.78 is 0. The van der Waals surface area contributed by atoms with E-state index in [-0.39, 0.29) is 40.8 Å². The van der Waals surface area contributed by atoms with Gasteiger partial charge >= 0.3 is 20.4 Å². The van der Waals surface area contributed by atoms with Crippen LogP contribution in [-0.4, -0.2) is 16.0 Å². The molecule has 1 fully saturated rings. The minimum atomic E-state index is 0. The third-order valence-corrected chi connectivity index (χ3v) is 7.52. The number of hydrogen-bond donors (Lipinski definition) is 0. The van der Waals surface area contributed by atoms with Gasteiger partial charge in [0.05, 0.1) is 0 Å². The zero-order valence-electron chi connectivity index (χ0n) is 14.2. The molecule has 1 aliphatic carbocycles. The molecule has 124 valence electrons. The molecule has 0 aromatic carbocycles. The fraction of sp³-hybridized carbons (Fsp3) is 0.824. The van der Waals surface area contributed by atoms with Gasteiger partial charge in [0.25, 0.3) is 0 Å². The van der Waals surface area contributed by atoms with Gasteiger partial charge in [-0.25, -0.2) is 19.6 Å². The van der Waals surface area contributed by atoms with Gasteiger partial charge in [-0.15, -0.1) is 0 Å². The third-order valence-electron chi connectivity index (χ3n) is 3.39. The third kappa shape index (κ3) is 9.84. The summed E-state index contributed by atoms with van der Waals surface area (Å²) in [4.78, 5) is 0. The van der Waals surface area contributed by atoms with E-state index in [4.69, 9.17) is 0 Å². The molecule has 1 rings (SSSR count). The van der Waals surface area contributed by atoms with Crippen LogP contribution in [0.25, 0.3) is 0 Å². The molecule has 0 radical (unpaired) electrons. The van der Waals surface area contributed by atoms with Crippen LogP contribution in [0.3, 0.4) is 0 Å². The fourth-order valence-corrected chi connectivity index (χ4v) is 8.53. The van der Waals surface area contributed by atoms with E-state index in [1.807, 2.05) is 0 Å². The summed E-state index contributed by atoms with van der Waals surface area (Å²) >= 11 is 0. The maximum absolute atomic E-state index is 3.25. The average Bonchev–Trinajstić information content (AvgIpc) is 2.15. The molecule has 1 aliphatic rings. The molecule has 0 amide bonds. The van der Waals surface area contributed by atoms with E-state index in [1.54, 1.807) is 0 Å². The molecule has 0 N–H and O–H groups in total. The van der Waals surface area contributed by atoms with Gasteiger partial charge in [-0.3, -0.25) is 0 Å². The number of allylic oxidation sites excluding steroid dienone is 1. The maximum atomic E-state index is 3.25. The van der Waals surface area contributed by atoms with Gasteiger partial charge in [0.2, 0.25) is 0 Å². The van der Waals surface area contributed by atoms with Crippen molar-refractivity contribution in [2.75, 3.05) is 0 Å². The molecule has 3 heteroatoms. The number of rotatable bonds is 1. The topological polar surface area (TPSA) is 0 Å². The Bertz CT molecular complexity index is 220. The molecular weight excluding hydrogens is 377 g/mol. The minimum Gasteiger partial charge on any atom is -1.00 e. The van der Waals surface area contributed by atoms with Crippen molar-refractivity contribution in [1.29, 1.82) is 0 Å². The van der Waals surface area contributed by atoms with Gasteiger partial charge < -0.3 is 12.4 Å². The first kappa shape index (κ1) is 25.9. The van der Waals surface area contributed by atoms with E-state index in [0.717, 1.165) is 5.66 Å². The van der Waals surface area contributed by atoms with Gasteiger partial charge in [-0.05, 0) is 28.8 Å². The molecule has 0 atom stereocenters. The standard InChI is InChI=1S/C14H29P.C3H5.ClH.Pd/c1-13(2,3)15(14(4,5)6)12-10-8-7-9-11-12;1-3-2;;/h12H,7-11H2,1-6H3;3H,1-2H2;1H;/q;-1;;+2/p-1. The number of hydrogen-bond acceptors (Lipinski definition) is 0. The predicted molar refractivity (Wildman–Crippen MR) is 88.9 cm³/mol. The Morgan fingerprint density at radius 1 is 0.950 bits per heavy atom. The zero-order valence-corrected chi connectivity index (χ0v) is 17.5. The first-order valence-electron chi connectivity index (χ1n) is 7.34. The monoisotopic (exact) mass is 410 g/mol. The van der Waals surface area contributed by atoms with Crippen LogP contribution >= 0.6 is 7.92 Å². The number of halogens is 1. The average molecular weight is 411 g/mol. The summed E-state index contributed by atoms with van der Waals surface area (Å²) in [6, 6.07) is 0. The Morgan fingerprint density at radius 3 is 1.50 bits per heavy atom. The van der Waals surface area contributed by atoms with Crippen molar-refractivity contribution < 1.29 is 32.8 Å². The first-order valence-corrected chi connectivity index (χ1v) is 8.75. The Morgan fingerprint density at radius 2 is 1.25 bits per heavy atom. The van der Waals surface area contributed by atoms with Crippen molar-refractivity contribution in [2.24, 2.45) is 0 Å². The summed E-state index contributed by atoms with van der Waals surface area (Å²) in [6.45, 7) is 21.2. The van der Waals surface area contributed by atoms with Crippen molar-refractivity contribution >= 4 is 7.92 Å². The Hall–Kier alpha value is 0.992. The molecule has 1 saturated carbocycles. The maximum Gasteiger partial charge on any atom is 2.00 e. The molecular formula is C17H34ClPPd. The normalized spacial score (nSPS) is 16.4. The molecule has 0 unspecified atom stereocenters. The van der Waals surface area contributed by atoms with Crippen molar-refractivity contribution in [1.82, 2.24) is 0 Å². The quantitative estimate of drug-likeness (QED) is 0.353. The molecule has 0 aromatic rings. The van der Waals surface area contributed by atoms with E-state index >= 15 is 0 Å². The van der Waals surface area contributed by atoms with Crippen LogP contribution in [0.15, 0.2) is 12.7 Å². The van der Waals surface area contributed by atoms with Crippen LogP contribution in [0, 0.1) is 6.92 Å². The molecule has 0 nitrogen and oxygen atoms in total. The second-order valence-electron chi connectivity index (χ2n) is 7.29. The second-order valence-corrected chi connectivity index (χ2v) is 11.4. The van der Waals surface area contributed by atoms with Crippen LogP contribution in [-0.2, 0) is 20.4 Å². The first-order chi connectivity index (χ1) is 8.14. The van der Waals surface area contributed by atoms with Crippen molar-refractivity contribution in [3.05, 3.63) is 19.6 Å². The van der Waals surface area contributed by atoms with Crippen LogP contribution in [0.1, 0.15) is 73.6 Å². The van der Waals surface area contributed by atoms with E-state index in [1.165, 1.54) is 38.2 Å². The minimum absolute atomic E-state index is 0. The van der Waals surface area contributed by atoms with Crippen LogP contribution in [0.2, 0.25) is 0 Å². The van der Waals surface area contributed by atoms with Gasteiger partial charge in [0.1, 0.15) is 0 Å². The van der Waals surface area contributed by atoms with Gasteiger partial charge in [-0.1, -0.05) is 68.7 Å². The summed E-state index contributed by atoms with van der Waals surface area (Å²) in [5, 5.41) is 1.05. The summed E-state index contributed by atoms with van der Waals surface area (Å²) in [5.41, 5.74) is 1.04. The van der Waals surface area contributed by atoms with E-state index in [9.17, 15) is 0 Å². The molecule has 0 aliphatic heterocycles. The smallest absolute Gasteiger partial charge is 1.00 e. The second kappa shape index (κ2) is 11.5. The van der Waals surface area contributed by atoms with Crippen LogP contribution in [0.4, 0.5) is 0 Å². The molecule has 20 heavy (non-hydrogen) atoms. The SMILES string of the molecule is C=C[CH2-].CC(C)(C)P(C1CCCCC1)C(C)(C)C.[Cl-].[Pd+2]. The van der Waals surface area contributed by atoms with E-state index in [0.29, 0.717) is 10.3 Å². The zero-order chi connectivity index (χ0) is 14.4. The Labute approximate surface area is 149 Å². The molecule has 0 heterocycles. The largest absolute Gasteiger partial charge is 2.00 e. The molecule has 0 aromatic heterocycles. The van der Waals surface area contributed by atoms with Gasteiger partial charge in [-0.2, -0.15) is 0 Å². The molecule has 0 bridgehead atoms. The Balaban J connectivity index is -0.000000530. The fourth-order valence-electron chi connectivity index (χ4n) is 3.44. The van der Waals surface area contributed by atoms with Crippen molar-refractivity contribution in [2.45, 2.75) is 89.6 Å². The van der Waals surface area contributed by atoms with Crippen molar-refractivity contribution in [3.63, 3.8) is 0 Å². The summed E-state index contributed by atoms with van der Waals surface area (Å²) in [6.07, 6.45) is 8.94. The van der Waals surface area contributed by atoms with Crippen molar-refractivity contribution in [3.8, 4) is 0 Å². The summed E-state index contributed by atoms with van der Waals surface area (Å²) in [5.74, 6) is 0. The van der Waals surface area contributed by atoms with Crippen LogP contribution in [0.5, 0.6) is 0 Å². The van der Waals surface area contributed by atoms with Gasteiger partial charge in [0.15, 0.2) is 0 Å². The molecule has 0 saturated heterocycles. The van der Waals surface area contributed by atoms with E-state index < -0.39 is 0 Å². The molecule has 0 spiro atoms. The van der Waals surface area contributed by atoms with Crippen LogP contribution < -0.4 is 12.4 Å². The summed E-state index contributed by atoms with van der Waals surface area (Å²) in [7, 11) is 0.139. The van der Waals surface area contributed by atoms with E-state index in [2.05, 4.69) is 55.0 Å². The predicted octanol–water partition coefficient (Wildman–Crippen LogP) is 3.41. The Kier molecular flexibility index (Phi) is 15.0.